The summed E-state index contributed by atoms with van der Waals surface area (Å²) in [6.07, 6.45) is 0. The van der Waals surface area contributed by atoms with Crippen molar-refractivity contribution in [1.29, 1.82) is 0 Å². The van der Waals surface area contributed by atoms with Gasteiger partial charge in [0.2, 0.25) is 0 Å². The Bertz CT molecular complexity index is 315. The van der Waals surface area contributed by atoms with Crippen LogP contribution >= 0.6 is 0 Å². The first-order valence-corrected chi connectivity index (χ1v) is 4.14. The topological polar surface area (TPSA) is 91.1 Å². The van der Waals surface area contributed by atoms with Crippen LogP contribution in [-0.4, -0.2) is 28.7 Å². The number of fused-ring (bicyclic) bond motifs is 4. The van der Waals surface area contributed by atoms with E-state index in [1.54, 1.807) is 0 Å². The number of esters is 4. The minimum atomic E-state index is -0.746. The summed E-state index contributed by atoms with van der Waals surface area (Å²) >= 11 is 0. The molecule has 6 nitrogen and oxygen atoms in total. The SMILES string of the molecule is O=C1OC(=O)C2C1C1C(=O)OC(=[OH+])C21. The predicted octanol–water partition coefficient (Wildman–Crippen LogP) is -1.39. The first-order chi connectivity index (χ1) is 6.61. The van der Waals surface area contributed by atoms with Gasteiger partial charge in [0, 0.05) is 0 Å². The maximum Gasteiger partial charge on any atom is 0.496 e. The van der Waals surface area contributed by atoms with Crippen molar-refractivity contribution in [2.45, 2.75) is 0 Å². The van der Waals surface area contributed by atoms with Crippen LogP contribution in [0.1, 0.15) is 0 Å². The van der Waals surface area contributed by atoms with Gasteiger partial charge < -0.3 is 9.53 Å². The van der Waals surface area contributed by atoms with Gasteiger partial charge in [-0.1, -0.05) is 0 Å². The van der Waals surface area contributed by atoms with Crippen LogP contribution in [0.2, 0.25) is 0 Å². The molecule has 2 aliphatic heterocycles. The second kappa shape index (κ2) is 2.02. The van der Waals surface area contributed by atoms with Crippen molar-refractivity contribution in [1.82, 2.24) is 0 Å². The highest BCUT2D eigenvalue weighted by Gasteiger charge is 2.77. The lowest BCUT2D eigenvalue weighted by Crippen LogP contribution is -2.50. The van der Waals surface area contributed by atoms with Crippen LogP contribution in [0.4, 0.5) is 0 Å². The van der Waals surface area contributed by atoms with Crippen LogP contribution < -0.4 is 0 Å². The number of cyclic esters (lactones) is 4. The van der Waals surface area contributed by atoms with Crippen LogP contribution in [-0.2, 0) is 23.9 Å². The summed E-state index contributed by atoms with van der Waals surface area (Å²) in [4.78, 5) is 42.5. The van der Waals surface area contributed by atoms with Crippen molar-refractivity contribution in [3.63, 3.8) is 0 Å². The lowest BCUT2D eigenvalue weighted by Gasteiger charge is -2.30. The number of rotatable bonds is 0. The maximum atomic E-state index is 11.1. The molecule has 0 aromatic carbocycles. The van der Waals surface area contributed by atoms with Gasteiger partial charge in [-0.2, -0.15) is 0 Å². The van der Waals surface area contributed by atoms with Crippen LogP contribution in [0.5, 0.6) is 0 Å². The maximum absolute atomic E-state index is 11.1. The quantitative estimate of drug-likeness (QED) is 0.271. The molecule has 2 saturated heterocycles. The lowest BCUT2D eigenvalue weighted by molar-refractivity contribution is -0.155. The fraction of sp³-hybridized carbons (Fsp3) is 0.500. The molecular weight excluding hydrogens is 192 g/mol. The Morgan fingerprint density at radius 1 is 0.786 bits per heavy atom. The molecule has 1 aliphatic carbocycles. The van der Waals surface area contributed by atoms with Gasteiger partial charge in [-0.25, -0.2) is 9.53 Å². The van der Waals surface area contributed by atoms with Crippen LogP contribution in [0.3, 0.4) is 0 Å². The Morgan fingerprint density at radius 3 is 1.79 bits per heavy atom. The number of carbonyl (C=O) groups excluding carboxylic acids is 4. The molecule has 0 radical (unpaired) electrons. The van der Waals surface area contributed by atoms with E-state index in [1.165, 1.54) is 0 Å². The number of ether oxygens (including phenoxy) is 2. The molecule has 6 heteroatoms. The molecule has 4 atom stereocenters. The summed E-state index contributed by atoms with van der Waals surface area (Å²) in [5.41, 5.74) is 0. The van der Waals surface area contributed by atoms with Gasteiger partial charge >= 0.3 is 23.9 Å². The summed E-state index contributed by atoms with van der Waals surface area (Å²) in [5, 5.41) is 0. The fourth-order valence-electron chi connectivity index (χ4n) is 2.41. The van der Waals surface area contributed by atoms with Gasteiger partial charge in [0.05, 0.1) is 11.8 Å². The third-order valence-electron chi connectivity index (χ3n) is 3.06. The molecule has 4 unspecified atom stereocenters. The van der Waals surface area contributed by atoms with Gasteiger partial charge in [-0.05, 0) is 0 Å². The number of hydrogen-bond donors (Lipinski definition) is 0. The molecule has 1 N–H and O–H groups in total. The van der Waals surface area contributed by atoms with Gasteiger partial charge in [0.25, 0.3) is 0 Å². The second-order valence-electron chi connectivity index (χ2n) is 3.60. The molecule has 3 aliphatic rings. The Labute approximate surface area is 77.1 Å². The zero-order valence-electron chi connectivity index (χ0n) is 6.80. The molecule has 1 saturated carbocycles. The average molecular weight is 197 g/mol. The van der Waals surface area contributed by atoms with Crippen molar-refractivity contribution in [3.05, 3.63) is 0 Å². The average Bonchev–Trinajstić information content (AvgIpc) is 2.31. The molecule has 0 aromatic rings. The van der Waals surface area contributed by atoms with Gasteiger partial charge in [-0.3, -0.25) is 9.59 Å². The van der Waals surface area contributed by atoms with Crippen LogP contribution in [0, 0.1) is 23.7 Å². The van der Waals surface area contributed by atoms with Gasteiger partial charge in [-0.15, -0.1) is 0 Å². The van der Waals surface area contributed by atoms with Gasteiger partial charge in [0.15, 0.2) is 0 Å². The van der Waals surface area contributed by atoms with Crippen molar-refractivity contribution < 1.29 is 28.7 Å². The van der Waals surface area contributed by atoms with Crippen molar-refractivity contribution in [2.75, 3.05) is 0 Å². The van der Waals surface area contributed by atoms with Gasteiger partial charge in [0.1, 0.15) is 11.8 Å². The first kappa shape index (κ1) is 7.66. The zero-order chi connectivity index (χ0) is 10.0. The van der Waals surface area contributed by atoms with Crippen LogP contribution in [0.15, 0.2) is 0 Å². The molecule has 0 amide bonds. The van der Waals surface area contributed by atoms with E-state index < -0.39 is 47.5 Å². The van der Waals surface area contributed by atoms with E-state index in [0.29, 0.717) is 0 Å². The number of carbonyl (C=O) groups is 3. The molecule has 2 heterocycles. The standard InChI is InChI=1S/C8H4O6/c9-5-1-2(6(10)13-5)4-3(1)7(11)14-8(4)12/h1-4H/p+1. The minimum absolute atomic E-state index is 0.465. The minimum Gasteiger partial charge on any atom is -0.393 e. The lowest BCUT2D eigenvalue weighted by atomic mass is 9.59. The normalized spacial score (nSPS) is 44.0. The Hall–Kier alpha value is -1.72. The smallest absolute Gasteiger partial charge is 0.393 e. The highest BCUT2D eigenvalue weighted by Crippen LogP contribution is 2.54. The highest BCUT2D eigenvalue weighted by atomic mass is 16.6. The van der Waals surface area contributed by atoms with E-state index in [4.69, 9.17) is 0 Å². The number of hydrogen-bond acceptors (Lipinski definition) is 5. The van der Waals surface area contributed by atoms with Crippen molar-refractivity contribution >= 4 is 23.9 Å². The van der Waals surface area contributed by atoms with Crippen LogP contribution in [0.25, 0.3) is 0 Å². The molecule has 0 aromatic heterocycles. The van der Waals surface area contributed by atoms with E-state index in [-0.39, 0.29) is 0 Å². The van der Waals surface area contributed by atoms with Crippen molar-refractivity contribution in [2.24, 2.45) is 23.7 Å². The molecule has 14 heavy (non-hydrogen) atoms. The first-order valence-electron chi connectivity index (χ1n) is 4.14. The Kier molecular flexibility index (Phi) is 1.11. The van der Waals surface area contributed by atoms with E-state index in [0.717, 1.165) is 0 Å². The second-order valence-corrected chi connectivity index (χ2v) is 3.60. The summed E-state index contributed by atoms with van der Waals surface area (Å²) < 4.78 is 8.83. The molecule has 3 rings (SSSR count). The van der Waals surface area contributed by atoms with Crippen molar-refractivity contribution in [3.8, 4) is 0 Å². The largest absolute Gasteiger partial charge is 0.496 e. The zero-order valence-corrected chi connectivity index (χ0v) is 6.80. The molecule has 3 fully saturated rings. The Morgan fingerprint density at radius 2 is 1.21 bits per heavy atom. The monoisotopic (exact) mass is 197 g/mol. The molecular formula is C8H5O6+. The summed E-state index contributed by atoms with van der Waals surface area (Å²) in [7, 11) is 0. The predicted molar refractivity (Wildman–Crippen MR) is 38.1 cm³/mol. The van der Waals surface area contributed by atoms with E-state index in [2.05, 4.69) is 9.47 Å². The highest BCUT2D eigenvalue weighted by molar-refractivity contribution is 6.10. The molecule has 72 valence electrons. The van der Waals surface area contributed by atoms with E-state index in [1.807, 2.05) is 0 Å². The van der Waals surface area contributed by atoms with E-state index in [9.17, 15) is 19.2 Å². The fourth-order valence-corrected chi connectivity index (χ4v) is 2.41. The molecule has 0 spiro atoms. The van der Waals surface area contributed by atoms with E-state index >= 15 is 0 Å². The third kappa shape index (κ3) is 0.604. The summed E-state index contributed by atoms with van der Waals surface area (Å²) in [6, 6.07) is 0. The summed E-state index contributed by atoms with van der Waals surface area (Å²) in [5.74, 6) is -5.35. The molecule has 0 bridgehead atoms. The Balaban J connectivity index is 2.03. The third-order valence-corrected chi connectivity index (χ3v) is 3.06. The summed E-state index contributed by atoms with van der Waals surface area (Å²) in [6.45, 7) is 0.